The van der Waals surface area contributed by atoms with Crippen LogP contribution in [0.25, 0.3) is 5.70 Å². The van der Waals surface area contributed by atoms with Crippen molar-refractivity contribution in [3.63, 3.8) is 0 Å². The molecular formula is C25H33N5. The summed E-state index contributed by atoms with van der Waals surface area (Å²) in [5.41, 5.74) is 3.24. The molecule has 0 N–H and O–H groups in total. The van der Waals surface area contributed by atoms with Crippen LogP contribution in [0.3, 0.4) is 0 Å². The molecule has 3 rings (SSSR count). The molecule has 0 amide bonds. The molecule has 1 unspecified atom stereocenters. The molecule has 0 bridgehead atoms. The van der Waals surface area contributed by atoms with E-state index in [4.69, 9.17) is 0 Å². The lowest BCUT2D eigenvalue weighted by Gasteiger charge is -2.37. The lowest BCUT2D eigenvalue weighted by molar-refractivity contribution is 0.367. The summed E-state index contributed by atoms with van der Waals surface area (Å²) in [5, 5.41) is 0. The van der Waals surface area contributed by atoms with Gasteiger partial charge in [0.15, 0.2) is 0 Å². The van der Waals surface area contributed by atoms with Crippen LogP contribution in [0.5, 0.6) is 0 Å². The van der Waals surface area contributed by atoms with E-state index in [0.717, 1.165) is 49.1 Å². The topological polar surface area (TPSA) is 35.5 Å². The molecule has 1 fully saturated rings. The minimum atomic E-state index is 0.160. The smallest absolute Gasteiger partial charge is 0.133 e. The number of anilines is 2. The highest BCUT2D eigenvalue weighted by Gasteiger charge is 2.21. The maximum atomic E-state index is 4.69. The number of aryl methyl sites for hydroxylation is 1. The Balaban J connectivity index is 1.64. The Morgan fingerprint density at radius 2 is 1.77 bits per heavy atom. The molecule has 0 saturated carbocycles. The van der Waals surface area contributed by atoms with Gasteiger partial charge in [0, 0.05) is 49.8 Å². The van der Waals surface area contributed by atoms with Crippen molar-refractivity contribution in [1.29, 1.82) is 0 Å². The molecule has 1 atom stereocenters. The second-order valence-electron chi connectivity index (χ2n) is 8.08. The van der Waals surface area contributed by atoms with Crippen LogP contribution in [0.15, 0.2) is 68.7 Å². The van der Waals surface area contributed by atoms with Crippen LogP contribution >= 0.6 is 0 Å². The van der Waals surface area contributed by atoms with E-state index in [9.17, 15) is 0 Å². The molecule has 2 aromatic heterocycles. The molecule has 30 heavy (non-hydrogen) atoms. The van der Waals surface area contributed by atoms with Gasteiger partial charge < -0.3 is 14.7 Å². The molecule has 5 nitrogen and oxygen atoms in total. The Labute approximate surface area is 181 Å². The zero-order valence-corrected chi connectivity index (χ0v) is 18.5. The third kappa shape index (κ3) is 4.73. The van der Waals surface area contributed by atoms with E-state index in [2.05, 4.69) is 83.4 Å². The summed E-state index contributed by atoms with van der Waals surface area (Å²) >= 11 is 0. The van der Waals surface area contributed by atoms with Crippen molar-refractivity contribution < 1.29 is 0 Å². The summed E-state index contributed by atoms with van der Waals surface area (Å²) in [4.78, 5) is 16.0. The zero-order valence-electron chi connectivity index (χ0n) is 18.5. The third-order valence-electron chi connectivity index (χ3n) is 5.67. The van der Waals surface area contributed by atoms with Gasteiger partial charge in [0.2, 0.25) is 0 Å². The normalized spacial score (nSPS) is 15.1. The number of hydrogen-bond acceptors (Lipinski definition) is 5. The van der Waals surface area contributed by atoms with Crippen molar-refractivity contribution in [2.24, 2.45) is 5.92 Å². The largest absolute Gasteiger partial charge is 0.368 e. The summed E-state index contributed by atoms with van der Waals surface area (Å²) in [6.45, 7) is 22.4. The first-order valence-electron chi connectivity index (χ1n) is 10.6. The summed E-state index contributed by atoms with van der Waals surface area (Å²) in [7, 11) is 0. The van der Waals surface area contributed by atoms with Crippen LogP contribution in [0, 0.1) is 12.8 Å². The monoisotopic (exact) mass is 403 g/mol. The molecule has 0 radical (unpaired) electrons. The Morgan fingerprint density at radius 3 is 2.27 bits per heavy atom. The van der Waals surface area contributed by atoms with Crippen LogP contribution < -0.4 is 9.80 Å². The van der Waals surface area contributed by atoms with Gasteiger partial charge in [-0.15, -0.1) is 6.58 Å². The fourth-order valence-corrected chi connectivity index (χ4v) is 3.82. The first-order valence-corrected chi connectivity index (χ1v) is 10.6. The van der Waals surface area contributed by atoms with Gasteiger partial charge in [-0.05, 0) is 42.8 Å². The zero-order chi connectivity index (χ0) is 21.7. The van der Waals surface area contributed by atoms with Crippen molar-refractivity contribution >= 4 is 17.3 Å². The number of hydrogen-bond donors (Lipinski definition) is 0. The summed E-state index contributed by atoms with van der Waals surface area (Å²) < 4.78 is 0. The van der Waals surface area contributed by atoms with E-state index < -0.39 is 0 Å². The van der Waals surface area contributed by atoms with Crippen LogP contribution in [-0.2, 0) is 0 Å². The van der Waals surface area contributed by atoms with Gasteiger partial charge in [-0.1, -0.05) is 39.1 Å². The van der Waals surface area contributed by atoms with Crippen LogP contribution in [0.4, 0.5) is 11.6 Å². The predicted octanol–water partition coefficient (Wildman–Crippen LogP) is 4.74. The van der Waals surface area contributed by atoms with Crippen molar-refractivity contribution in [3.05, 3.63) is 79.8 Å². The highest BCUT2D eigenvalue weighted by Crippen LogP contribution is 2.24. The van der Waals surface area contributed by atoms with Gasteiger partial charge in [-0.3, -0.25) is 0 Å². The average Bonchev–Trinajstić information content (AvgIpc) is 2.77. The summed E-state index contributed by atoms with van der Waals surface area (Å²) in [5.74, 6) is 2.33. The first kappa shape index (κ1) is 21.6. The second-order valence-corrected chi connectivity index (χ2v) is 8.08. The molecule has 2 aromatic rings. The summed E-state index contributed by atoms with van der Waals surface area (Å²) in [6.07, 6.45) is 7.60. The predicted molar refractivity (Wildman–Crippen MR) is 128 cm³/mol. The number of nitrogens with zero attached hydrogens (tertiary/aromatic N) is 5. The fraction of sp³-hybridized carbons (Fsp3) is 0.360. The minimum Gasteiger partial charge on any atom is -0.368 e. The number of aromatic nitrogens is 2. The van der Waals surface area contributed by atoms with Gasteiger partial charge in [-0.25, -0.2) is 9.97 Å². The lowest BCUT2D eigenvalue weighted by atomic mass is 10.0. The average molecular weight is 404 g/mol. The fourth-order valence-electron chi connectivity index (χ4n) is 3.82. The standard InChI is InChI=1S/C25H33N5/c1-7-23(19(3)4)30(8-2)25-12-10-22(18-27-25)21(6)28-13-15-29(16-14-28)24-11-9-20(5)17-26-24/h7-12,17-19,23H,1-2,6,13-16H2,3-5H3. The Kier molecular flexibility index (Phi) is 6.93. The van der Waals surface area contributed by atoms with Gasteiger partial charge in [0.1, 0.15) is 11.6 Å². The highest BCUT2D eigenvalue weighted by atomic mass is 15.3. The Hall–Kier alpha value is -3.08. The lowest BCUT2D eigenvalue weighted by Crippen LogP contribution is -2.45. The van der Waals surface area contributed by atoms with E-state index in [0.29, 0.717) is 5.92 Å². The molecule has 158 valence electrons. The third-order valence-corrected chi connectivity index (χ3v) is 5.67. The highest BCUT2D eigenvalue weighted by molar-refractivity contribution is 5.63. The molecular weight excluding hydrogens is 370 g/mol. The van der Waals surface area contributed by atoms with Gasteiger partial charge in [0.05, 0.1) is 6.04 Å². The van der Waals surface area contributed by atoms with E-state index >= 15 is 0 Å². The number of pyridine rings is 2. The van der Waals surface area contributed by atoms with E-state index in [1.165, 1.54) is 5.56 Å². The van der Waals surface area contributed by atoms with E-state index in [-0.39, 0.29) is 6.04 Å². The van der Waals surface area contributed by atoms with Gasteiger partial charge in [0.25, 0.3) is 0 Å². The van der Waals surface area contributed by atoms with E-state index in [1.54, 1.807) is 0 Å². The molecule has 0 spiro atoms. The quantitative estimate of drug-likeness (QED) is 0.595. The van der Waals surface area contributed by atoms with Crippen LogP contribution in [0.2, 0.25) is 0 Å². The molecule has 5 heteroatoms. The molecule has 0 aromatic carbocycles. The number of rotatable bonds is 8. The summed E-state index contributed by atoms with van der Waals surface area (Å²) in [6, 6.07) is 8.50. The van der Waals surface area contributed by atoms with E-state index in [1.807, 2.05) is 30.7 Å². The molecule has 1 saturated heterocycles. The minimum absolute atomic E-state index is 0.160. The van der Waals surface area contributed by atoms with Gasteiger partial charge in [-0.2, -0.15) is 0 Å². The van der Waals surface area contributed by atoms with Crippen molar-refractivity contribution in [3.8, 4) is 0 Å². The molecule has 1 aliphatic rings. The Bertz CT molecular complexity index is 861. The van der Waals surface area contributed by atoms with Crippen molar-refractivity contribution in [2.45, 2.75) is 26.8 Å². The maximum Gasteiger partial charge on any atom is 0.133 e. The van der Waals surface area contributed by atoms with Crippen LogP contribution in [-0.4, -0.2) is 47.1 Å². The van der Waals surface area contributed by atoms with Crippen molar-refractivity contribution in [2.75, 3.05) is 36.0 Å². The molecule has 0 aliphatic carbocycles. The van der Waals surface area contributed by atoms with Gasteiger partial charge >= 0.3 is 0 Å². The molecule has 1 aliphatic heterocycles. The van der Waals surface area contributed by atoms with Crippen molar-refractivity contribution in [1.82, 2.24) is 14.9 Å². The van der Waals surface area contributed by atoms with Crippen LogP contribution in [0.1, 0.15) is 25.0 Å². The second kappa shape index (κ2) is 9.61. The maximum absolute atomic E-state index is 4.69. The first-order chi connectivity index (χ1) is 14.4. The Morgan fingerprint density at radius 1 is 1.03 bits per heavy atom. The number of piperazine rings is 1. The molecule has 3 heterocycles. The SMILES string of the molecule is C=CC(C(C)C)N(C=C)c1ccc(C(=C)N2CCN(c3ccc(C)cn3)CC2)cn1.